The number of carbonyl (C=O) groups is 2. The van der Waals surface area contributed by atoms with Crippen LogP contribution < -0.4 is 5.32 Å². The van der Waals surface area contributed by atoms with E-state index in [1.807, 2.05) is 31.2 Å². The second-order valence-corrected chi connectivity index (χ2v) is 7.10. The number of aromatic hydroxyl groups is 1. The molecule has 0 heterocycles. The fourth-order valence-electron chi connectivity index (χ4n) is 3.61. The molecule has 2 N–H and O–H groups in total. The van der Waals surface area contributed by atoms with Gasteiger partial charge in [0, 0.05) is 16.8 Å². The van der Waals surface area contributed by atoms with Gasteiger partial charge in [0.2, 0.25) is 0 Å². The van der Waals surface area contributed by atoms with E-state index in [0.29, 0.717) is 23.4 Å². The van der Waals surface area contributed by atoms with Crippen LogP contribution in [0.4, 0.5) is 11.4 Å². The van der Waals surface area contributed by atoms with Gasteiger partial charge in [-0.15, -0.1) is 6.58 Å². The van der Waals surface area contributed by atoms with Gasteiger partial charge in [0.1, 0.15) is 5.75 Å². The van der Waals surface area contributed by atoms with Crippen LogP contribution in [-0.2, 0) is 4.74 Å². The maximum atomic E-state index is 13.1. The van der Waals surface area contributed by atoms with Crippen molar-refractivity contribution >= 4 is 22.9 Å². The summed E-state index contributed by atoms with van der Waals surface area (Å²) in [6, 6.07) is 17.3. The first-order chi connectivity index (χ1) is 14.5. The zero-order valence-corrected chi connectivity index (χ0v) is 16.5. The number of phenolic OH excluding ortho intramolecular Hbond substituents is 1. The highest BCUT2D eigenvalue weighted by Crippen LogP contribution is 2.38. The number of ketones is 2. The second kappa shape index (κ2) is 7.97. The lowest BCUT2D eigenvalue weighted by atomic mass is 9.82. The van der Waals surface area contributed by atoms with E-state index in [1.54, 1.807) is 36.4 Å². The van der Waals surface area contributed by atoms with E-state index in [9.17, 15) is 14.7 Å². The lowest BCUT2D eigenvalue weighted by molar-refractivity contribution is 0.0888. The molecule has 3 aromatic carbocycles. The Morgan fingerprint density at radius 3 is 2.23 bits per heavy atom. The predicted molar refractivity (Wildman–Crippen MR) is 116 cm³/mol. The highest BCUT2D eigenvalue weighted by Gasteiger charge is 2.33. The van der Waals surface area contributed by atoms with Crippen molar-refractivity contribution in [1.82, 2.24) is 0 Å². The van der Waals surface area contributed by atoms with Gasteiger partial charge in [0.15, 0.2) is 11.6 Å². The molecule has 3 aromatic rings. The summed E-state index contributed by atoms with van der Waals surface area (Å²) >= 11 is 0. The molecule has 0 fully saturated rings. The molecule has 1 unspecified atom stereocenters. The number of ether oxygens (including phenoxy) is 1. The first-order valence-electron chi connectivity index (χ1n) is 9.65. The minimum atomic E-state index is -0.357. The third kappa shape index (κ3) is 3.40. The van der Waals surface area contributed by atoms with E-state index in [2.05, 4.69) is 11.9 Å². The largest absolute Gasteiger partial charge is 0.507 e. The summed E-state index contributed by atoms with van der Waals surface area (Å²) in [5.41, 5.74) is 3.10. The van der Waals surface area contributed by atoms with Crippen LogP contribution in [0.2, 0.25) is 0 Å². The topological polar surface area (TPSA) is 75.6 Å². The number of rotatable bonds is 6. The van der Waals surface area contributed by atoms with Crippen molar-refractivity contribution < 1.29 is 19.4 Å². The lowest BCUT2D eigenvalue weighted by Gasteiger charge is -2.22. The molecule has 4 rings (SSSR count). The molecular weight excluding hydrogens is 378 g/mol. The van der Waals surface area contributed by atoms with Gasteiger partial charge >= 0.3 is 0 Å². The van der Waals surface area contributed by atoms with Gasteiger partial charge in [-0.25, -0.2) is 0 Å². The molecule has 1 aliphatic rings. The standard InChI is InChI=1S/C25H21NO4/c1-3-14-30-15(2)16-8-10-17(11-9-16)26-20-12-13-21(27)23-22(20)24(28)18-6-4-5-7-19(18)25(23)29/h3-13,15,26-27H,1,14H2,2H3. The van der Waals surface area contributed by atoms with E-state index in [-0.39, 0.29) is 34.5 Å². The predicted octanol–water partition coefficient (Wildman–Crippen LogP) is 5.17. The molecule has 0 amide bonds. The fraction of sp³-hybridized carbons (Fsp3) is 0.120. The normalized spacial score (nSPS) is 13.4. The molecule has 5 nitrogen and oxygen atoms in total. The summed E-state index contributed by atoms with van der Waals surface area (Å²) in [5, 5.41) is 13.5. The molecule has 1 atom stereocenters. The van der Waals surface area contributed by atoms with E-state index in [1.165, 1.54) is 6.07 Å². The van der Waals surface area contributed by atoms with E-state index < -0.39 is 0 Å². The Labute approximate surface area is 174 Å². The van der Waals surface area contributed by atoms with Crippen LogP contribution in [0.1, 0.15) is 50.4 Å². The summed E-state index contributed by atoms with van der Waals surface area (Å²) in [6.45, 7) is 6.08. The van der Waals surface area contributed by atoms with Gasteiger partial charge in [-0.3, -0.25) is 9.59 Å². The molecule has 0 saturated carbocycles. The van der Waals surface area contributed by atoms with E-state index in [4.69, 9.17) is 4.74 Å². The molecule has 1 aliphatic carbocycles. The van der Waals surface area contributed by atoms with Crippen LogP contribution in [0.3, 0.4) is 0 Å². The Morgan fingerprint density at radius 2 is 1.60 bits per heavy atom. The van der Waals surface area contributed by atoms with E-state index in [0.717, 1.165) is 11.3 Å². The number of anilines is 2. The first kappa shape index (κ1) is 19.6. The van der Waals surface area contributed by atoms with Crippen molar-refractivity contribution in [3.63, 3.8) is 0 Å². The zero-order chi connectivity index (χ0) is 21.3. The summed E-state index contributed by atoms with van der Waals surface area (Å²) in [6.07, 6.45) is 1.63. The Hall–Kier alpha value is -3.70. The lowest BCUT2D eigenvalue weighted by Crippen LogP contribution is -2.22. The second-order valence-electron chi connectivity index (χ2n) is 7.10. The first-order valence-corrected chi connectivity index (χ1v) is 9.65. The number of phenols is 1. The van der Waals surface area contributed by atoms with Gasteiger partial charge in [0.25, 0.3) is 0 Å². The van der Waals surface area contributed by atoms with Gasteiger partial charge in [-0.1, -0.05) is 42.5 Å². The average molecular weight is 399 g/mol. The molecule has 150 valence electrons. The number of nitrogens with one attached hydrogen (secondary N) is 1. The molecule has 0 saturated heterocycles. The molecule has 0 bridgehead atoms. The van der Waals surface area contributed by atoms with Crippen LogP contribution in [-0.4, -0.2) is 23.3 Å². The van der Waals surface area contributed by atoms with Crippen molar-refractivity contribution in [2.24, 2.45) is 0 Å². The smallest absolute Gasteiger partial charge is 0.198 e. The summed E-state index contributed by atoms with van der Waals surface area (Å²) in [7, 11) is 0. The molecule has 0 spiro atoms. The fourth-order valence-corrected chi connectivity index (χ4v) is 3.61. The van der Waals surface area contributed by atoms with Crippen LogP contribution in [0.15, 0.2) is 73.3 Å². The monoisotopic (exact) mass is 399 g/mol. The number of fused-ring (bicyclic) bond motifs is 2. The van der Waals surface area contributed by atoms with Gasteiger partial charge in [-0.05, 0) is 36.8 Å². The van der Waals surface area contributed by atoms with Crippen molar-refractivity contribution in [2.75, 3.05) is 11.9 Å². The van der Waals surface area contributed by atoms with Crippen LogP contribution >= 0.6 is 0 Å². The maximum absolute atomic E-state index is 13.1. The van der Waals surface area contributed by atoms with Crippen LogP contribution in [0, 0.1) is 0 Å². The third-order valence-corrected chi connectivity index (χ3v) is 5.18. The number of hydrogen-bond donors (Lipinski definition) is 2. The summed E-state index contributed by atoms with van der Waals surface area (Å²) in [4.78, 5) is 26.1. The number of carbonyl (C=O) groups excluding carboxylic acids is 2. The van der Waals surface area contributed by atoms with Gasteiger partial charge < -0.3 is 15.2 Å². The summed E-state index contributed by atoms with van der Waals surface area (Å²) in [5.74, 6) is -0.849. The van der Waals surface area contributed by atoms with Crippen LogP contribution in [0.5, 0.6) is 5.75 Å². The van der Waals surface area contributed by atoms with Gasteiger partial charge in [-0.2, -0.15) is 0 Å². The molecule has 0 aromatic heterocycles. The minimum absolute atomic E-state index is 0.0340. The highest BCUT2D eigenvalue weighted by atomic mass is 16.5. The average Bonchev–Trinajstić information content (AvgIpc) is 2.77. The zero-order valence-electron chi connectivity index (χ0n) is 16.5. The molecule has 30 heavy (non-hydrogen) atoms. The Kier molecular flexibility index (Phi) is 5.21. The molecular formula is C25H21NO4. The Balaban J connectivity index is 1.68. The Bertz CT molecular complexity index is 1150. The van der Waals surface area contributed by atoms with Crippen molar-refractivity contribution in [3.8, 4) is 5.75 Å². The number of benzene rings is 3. The molecule has 5 heteroatoms. The summed E-state index contributed by atoms with van der Waals surface area (Å²) < 4.78 is 5.63. The molecule has 0 radical (unpaired) electrons. The SMILES string of the molecule is C=CCOC(C)c1ccc(Nc2ccc(O)c3c2C(=O)c2ccccc2C3=O)cc1. The van der Waals surface area contributed by atoms with Crippen molar-refractivity contribution in [2.45, 2.75) is 13.0 Å². The number of hydrogen-bond acceptors (Lipinski definition) is 5. The van der Waals surface area contributed by atoms with Gasteiger partial charge in [0.05, 0.1) is 29.5 Å². The third-order valence-electron chi connectivity index (χ3n) is 5.18. The maximum Gasteiger partial charge on any atom is 0.198 e. The van der Waals surface area contributed by atoms with Crippen molar-refractivity contribution in [1.29, 1.82) is 0 Å². The molecule has 0 aliphatic heterocycles. The quantitative estimate of drug-likeness (QED) is 0.345. The van der Waals surface area contributed by atoms with Crippen LogP contribution in [0.25, 0.3) is 0 Å². The van der Waals surface area contributed by atoms with E-state index >= 15 is 0 Å². The Morgan fingerprint density at radius 1 is 0.967 bits per heavy atom. The minimum Gasteiger partial charge on any atom is -0.507 e. The highest BCUT2D eigenvalue weighted by molar-refractivity contribution is 6.31. The van der Waals surface area contributed by atoms with Crippen molar-refractivity contribution in [3.05, 3.63) is 101 Å².